The molecule has 1 aromatic carbocycles. The molecular formula is C15H20BrN3. The maximum absolute atomic E-state index is 4.45. The first-order valence-corrected chi connectivity index (χ1v) is 7.53. The summed E-state index contributed by atoms with van der Waals surface area (Å²) in [4.78, 5) is 4.45. The fraction of sp³-hybridized carbons (Fsp3) is 0.400. The number of nitrogens with one attached hydrogen (secondary N) is 1. The topological polar surface area (TPSA) is 29.9 Å². The van der Waals surface area contributed by atoms with Crippen LogP contribution in [0.4, 0.5) is 0 Å². The molecule has 0 saturated carbocycles. The zero-order valence-electron chi connectivity index (χ0n) is 11.3. The van der Waals surface area contributed by atoms with Gasteiger partial charge in [0.15, 0.2) is 0 Å². The Hall–Kier alpha value is -1.13. The zero-order valence-corrected chi connectivity index (χ0v) is 12.9. The van der Waals surface area contributed by atoms with Crippen LogP contribution in [0.1, 0.15) is 24.6 Å². The summed E-state index contributed by atoms with van der Waals surface area (Å²) in [5.41, 5.74) is 2.42. The van der Waals surface area contributed by atoms with Crippen molar-refractivity contribution < 1.29 is 0 Å². The van der Waals surface area contributed by atoms with Crippen molar-refractivity contribution in [3.8, 4) is 0 Å². The van der Waals surface area contributed by atoms with Gasteiger partial charge in [-0.2, -0.15) is 0 Å². The minimum atomic E-state index is 0.858. The lowest BCUT2D eigenvalue weighted by molar-refractivity contribution is 0.666. The monoisotopic (exact) mass is 321 g/mol. The van der Waals surface area contributed by atoms with Gasteiger partial charge in [0.05, 0.1) is 12.0 Å². The molecule has 0 fully saturated rings. The van der Waals surface area contributed by atoms with Gasteiger partial charge in [-0.1, -0.05) is 41.1 Å². The molecule has 0 aliphatic heterocycles. The van der Waals surface area contributed by atoms with Crippen LogP contribution in [-0.4, -0.2) is 22.6 Å². The highest BCUT2D eigenvalue weighted by Gasteiger charge is 2.02. The SMILES string of the molecule is CCCNCCc1cn(Cc2ccccc2Br)cn1. The number of benzene rings is 1. The highest BCUT2D eigenvalue weighted by atomic mass is 79.9. The normalized spacial score (nSPS) is 10.8. The van der Waals surface area contributed by atoms with Crippen LogP contribution in [0.3, 0.4) is 0 Å². The minimum Gasteiger partial charge on any atom is -0.333 e. The molecule has 19 heavy (non-hydrogen) atoms. The predicted octanol–water partition coefficient (Wildman–Crippen LogP) is 3.24. The summed E-state index contributed by atoms with van der Waals surface area (Å²) in [7, 11) is 0. The van der Waals surface area contributed by atoms with Gasteiger partial charge in [0.25, 0.3) is 0 Å². The van der Waals surface area contributed by atoms with Crippen LogP contribution in [0.5, 0.6) is 0 Å². The molecule has 2 rings (SSSR count). The lowest BCUT2D eigenvalue weighted by atomic mass is 10.2. The van der Waals surface area contributed by atoms with E-state index in [-0.39, 0.29) is 0 Å². The van der Waals surface area contributed by atoms with E-state index in [0.29, 0.717) is 0 Å². The molecule has 0 spiro atoms. The van der Waals surface area contributed by atoms with Crippen molar-refractivity contribution in [2.24, 2.45) is 0 Å². The average Bonchev–Trinajstić information content (AvgIpc) is 2.85. The van der Waals surface area contributed by atoms with Gasteiger partial charge >= 0.3 is 0 Å². The van der Waals surface area contributed by atoms with E-state index in [0.717, 1.165) is 36.2 Å². The number of rotatable bonds is 7. The summed E-state index contributed by atoms with van der Waals surface area (Å²) in [5.74, 6) is 0. The Labute approximate surface area is 123 Å². The summed E-state index contributed by atoms with van der Waals surface area (Å²) in [6.45, 7) is 5.12. The van der Waals surface area contributed by atoms with E-state index >= 15 is 0 Å². The number of hydrogen-bond acceptors (Lipinski definition) is 2. The van der Waals surface area contributed by atoms with E-state index < -0.39 is 0 Å². The number of imidazole rings is 1. The van der Waals surface area contributed by atoms with Crippen molar-refractivity contribution in [3.05, 3.63) is 52.5 Å². The fourth-order valence-electron chi connectivity index (χ4n) is 1.96. The third-order valence-corrected chi connectivity index (χ3v) is 3.76. The van der Waals surface area contributed by atoms with E-state index in [1.54, 1.807) is 0 Å². The second-order valence-corrected chi connectivity index (χ2v) is 5.48. The summed E-state index contributed by atoms with van der Waals surface area (Å²) >= 11 is 3.58. The molecule has 4 heteroatoms. The first-order chi connectivity index (χ1) is 9.29. The van der Waals surface area contributed by atoms with Crippen molar-refractivity contribution in [2.75, 3.05) is 13.1 Å². The van der Waals surface area contributed by atoms with Crippen molar-refractivity contribution >= 4 is 15.9 Å². The lowest BCUT2D eigenvalue weighted by Crippen LogP contribution is -2.17. The largest absolute Gasteiger partial charge is 0.333 e. The summed E-state index contributed by atoms with van der Waals surface area (Å²) in [6.07, 6.45) is 6.21. The van der Waals surface area contributed by atoms with Crippen LogP contribution in [0.15, 0.2) is 41.3 Å². The minimum absolute atomic E-state index is 0.858. The van der Waals surface area contributed by atoms with E-state index in [2.05, 4.69) is 62.1 Å². The second-order valence-electron chi connectivity index (χ2n) is 4.63. The van der Waals surface area contributed by atoms with Gasteiger partial charge in [-0.25, -0.2) is 4.98 Å². The highest BCUT2D eigenvalue weighted by molar-refractivity contribution is 9.10. The van der Waals surface area contributed by atoms with Gasteiger partial charge in [0.2, 0.25) is 0 Å². The second kappa shape index (κ2) is 7.46. The molecule has 0 unspecified atom stereocenters. The lowest BCUT2D eigenvalue weighted by Gasteiger charge is -2.04. The van der Waals surface area contributed by atoms with Gasteiger partial charge in [0.1, 0.15) is 0 Å². The van der Waals surface area contributed by atoms with Crippen LogP contribution < -0.4 is 5.32 Å². The average molecular weight is 322 g/mol. The molecular weight excluding hydrogens is 302 g/mol. The van der Waals surface area contributed by atoms with Crippen LogP contribution in [0.25, 0.3) is 0 Å². The highest BCUT2D eigenvalue weighted by Crippen LogP contribution is 2.17. The molecule has 102 valence electrons. The summed E-state index contributed by atoms with van der Waals surface area (Å²) < 4.78 is 3.28. The quantitative estimate of drug-likeness (QED) is 0.793. The molecule has 0 radical (unpaired) electrons. The van der Waals surface area contributed by atoms with Crippen molar-refractivity contribution in [3.63, 3.8) is 0 Å². The van der Waals surface area contributed by atoms with E-state index in [1.807, 2.05) is 12.4 Å². The third kappa shape index (κ3) is 4.48. The number of aromatic nitrogens is 2. The Kier molecular flexibility index (Phi) is 5.61. The Morgan fingerprint density at radius 1 is 1.26 bits per heavy atom. The van der Waals surface area contributed by atoms with Gasteiger partial charge < -0.3 is 9.88 Å². The van der Waals surface area contributed by atoms with Gasteiger partial charge in [-0.15, -0.1) is 0 Å². The van der Waals surface area contributed by atoms with Gasteiger partial charge in [-0.3, -0.25) is 0 Å². The zero-order chi connectivity index (χ0) is 13.5. The molecule has 0 atom stereocenters. The number of halogens is 1. The molecule has 2 aromatic rings. The fourth-order valence-corrected chi connectivity index (χ4v) is 2.37. The Morgan fingerprint density at radius 2 is 2.11 bits per heavy atom. The molecule has 0 amide bonds. The van der Waals surface area contributed by atoms with E-state index in [9.17, 15) is 0 Å². The molecule has 0 aliphatic rings. The predicted molar refractivity (Wildman–Crippen MR) is 82.3 cm³/mol. The summed E-state index contributed by atoms with van der Waals surface area (Å²) in [5, 5.41) is 3.39. The molecule has 3 nitrogen and oxygen atoms in total. The first kappa shape index (κ1) is 14.3. The van der Waals surface area contributed by atoms with Crippen molar-refractivity contribution in [1.29, 1.82) is 0 Å². The third-order valence-electron chi connectivity index (χ3n) is 2.98. The first-order valence-electron chi connectivity index (χ1n) is 6.74. The maximum atomic E-state index is 4.45. The van der Waals surface area contributed by atoms with Crippen LogP contribution in [-0.2, 0) is 13.0 Å². The van der Waals surface area contributed by atoms with Crippen LogP contribution in [0, 0.1) is 0 Å². The molecule has 0 bridgehead atoms. The molecule has 1 aromatic heterocycles. The Morgan fingerprint density at radius 3 is 2.89 bits per heavy atom. The molecule has 1 heterocycles. The Bertz CT molecular complexity index is 508. The van der Waals surface area contributed by atoms with Gasteiger partial charge in [-0.05, 0) is 24.6 Å². The van der Waals surface area contributed by atoms with E-state index in [1.165, 1.54) is 12.0 Å². The molecule has 0 saturated heterocycles. The van der Waals surface area contributed by atoms with Crippen molar-refractivity contribution in [1.82, 2.24) is 14.9 Å². The van der Waals surface area contributed by atoms with Gasteiger partial charge in [0, 0.05) is 30.2 Å². The standard InChI is InChI=1S/C15H20BrN3/c1-2-8-17-9-7-14-11-19(12-18-14)10-13-5-3-4-6-15(13)16/h3-6,11-12,17H,2,7-10H2,1H3. The number of nitrogens with zero attached hydrogens (tertiary/aromatic N) is 2. The van der Waals surface area contributed by atoms with Crippen molar-refractivity contribution in [2.45, 2.75) is 26.3 Å². The maximum Gasteiger partial charge on any atom is 0.0952 e. The number of hydrogen-bond donors (Lipinski definition) is 1. The summed E-state index contributed by atoms with van der Waals surface area (Å²) in [6, 6.07) is 8.30. The smallest absolute Gasteiger partial charge is 0.0952 e. The molecule has 0 aliphatic carbocycles. The Balaban J connectivity index is 1.89. The van der Waals surface area contributed by atoms with Crippen LogP contribution in [0.2, 0.25) is 0 Å². The van der Waals surface area contributed by atoms with Crippen LogP contribution >= 0.6 is 15.9 Å². The van der Waals surface area contributed by atoms with E-state index in [4.69, 9.17) is 0 Å². The molecule has 1 N–H and O–H groups in total.